The van der Waals surface area contributed by atoms with Crippen LogP contribution in [0.1, 0.15) is 17.0 Å². The number of hydrogen-bond acceptors (Lipinski definition) is 3. The van der Waals surface area contributed by atoms with E-state index in [9.17, 15) is 9.59 Å². The fraction of sp³-hybridized carbons (Fsp3) is 0.190. The predicted octanol–water partition coefficient (Wildman–Crippen LogP) is 2.30. The molecule has 0 N–H and O–H groups in total. The Balaban J connectivity index is 1.92. The van der Waals surface area contributed by atoms with Gasteiger partial charge in [-0.25, -0.2) is 9.78 Å². The van der Waals surface area contributed by atoms with Gasteiger partial charge in [-0.1, -0.05) is 60.7 Å². The van der Waals surface area contributed by atoms with Gasteiger partial charge in [0.15, 0.2) is 11.2 Å². The van der Waals surface area contributed by atoms with Crippen molar-refractivity contribution in [3.05, 3.63) is 98.5 Å². The molecule has 0 unspecified atom stereocenters. The molecule has 2 aromatic heterocycles. The Morgan fingerprint density at radius 3 is 1.89 bits per heavy atom. The largest absolute Gasteiger partial charge is 0.332 e. The summed E-state index contributed by atoms with van der Waals surface area (Å²) in [5, 5.41) is 0. The molecule has 0 fully saturated rings. The molecule has 0 saturated carbocycles. The highest BCUT2D eigenvalue weighted by Gasteiger charge is 2.18. The highest BCUT2D eigenvalue weighted by atomic mass is 16.2. The molecule has 0 aliphatic rings. The maximum Gasteiger partial charge on any atom is 0.332 e. The zero-order chi connectivity index (χ0) is 19.0. The molecule has 6 nitrogen and oxygen atoms in total. The lowest BCUT2D eigenvalue weighted by Crippen LogP contribution is -2.40. The highest BCUT2D eigenvalue weighted by Crippen LogP contribution is 2.13. The summed E-state index contributed by atoms with van der Waals surface area (Å²) in [5.41, 5.74) is 2.18. The van der Waals surface area contributed by atoms with Gasteiger partial charge in [0, 0.05) is 13.6 Å². The van der Waals surface area contributed by atoms with E-state index in [1.165, 1.54) is 9.13 Å². The minimum atomic E-state index is -0.360. The molecule has 0 bridgehead atoms. The van der Waals surface area contributed by atoms with Crippen LogP contribution in [0, 0.1) is 6.92 Å². The second kappa shape index (κ2) is 6.72. The average molecular weight is 360 g/mol. The number of aryl methyl sites for hydroxylation is 2. The number of aromatic nitrogens is 4. The topological polar surface area (TPSA) is 61.8 Å². The summed E-state index contributed by atoms with van der Waals surface area (Å²) >= 11 is 0. The molecule has 4 aromatic rings. The van der Waals surface area contributed by atoms with E-state index in [2.05, 4.69) is 4.98 Å². The molecule has 27 heavy (non-hydrogen) atoms. The summed E-state index contributed by atoms with van der Waals surface area (Å²) in [6.07, 6.45) is 0. The van der Waals surface area contributed by atoms with Gasteiger partial charge in [0.2, 0.25) is 0 Å². The quantitative estimate of drug-likeness (QED) is 0.561. The summed E-state index contributed by atoms with van der Waals surface area (Å²) < 4.78 is 4.61. The predicted molar refractivity (Wildman–Crippen MR) is 105 cm³/mol. The van der Waals surface area contributed by atoms with Gasteiger partial charge in [-0.2, -0.15) is 0 Å². The van der Waals surface area contributed by atoms with Gasteiger partial charge in [0.05, 0.1) is 6.54 Å². The van der Waals surface area contributed by atoms with E-state index in [1.54, 1.807) is 7.05 Å². The van der Waals surface area contributed by atoms with Gasteiger partial charge in [0.1, 0.15) is 5.82 Å². The highest BCUT2D eigenvalue weighted by molar-refractivity contribution is 5.71. The Morgan fingerprint density at radius 2 is 1.33 bits per heavy atom. The number of benzene rings is 2. The summed E-state index contributed by atoms with van der Waals surface area (Å²) in [6, 6.07) is 19.4. The Kier molecular flexibility index (Phi) is 4.24. The van der Waals surface area contributed by atoms with Crippen LogP contribution in [0.25, 0.3) is 11.2 Å². The second-order valence-electron chi connectivity index (χ2n) is 6.62. The van der Waals surface area contributed by atoms with Crippen molar-refractivity contribution in [3.63, 3.8) is 0 Å². The molecule has 0 radical (unpaired) electrons. The van der Waals surface area contributed by atoms with Crippen molar-refractivity contribution < 1.29 is 0 Å². The molecule has 0 spiro atoms. The Bertz CT molecular complexity index is 1220. The molecule has 0 amide bonds. The summed E-state index contributed by atoms with van der Waals surface area (Å²) in [6.45, 7) is 2.62. The van der Waals surface area contributed by atoms with Crippen LogP contribution in [-0.4, -0.2) is 18.7 Å². The van der Waals surface area contributed by atoms with E-state index in [4.69, 9.17) is 0 Å². The van der Waals surface area contributed by atoms with Gasteiger partial charge in [-0.05, 0) is 18.1 Å². The number of rotatable bonds is 4. The molecule has 0 atom stereocenters. The molecule has 136 valence electrons. The lowest BCUT2D eigenvalue weighted by molar-refractivity contribution is 0.653. The molecule has 2 heterocycles. The van der Waals surface area contributed by atoms with Crippen molar-refractivity contribution in [1.82, 2.24) is 18.7 Å². The molecule has 0 aliphatic carbocycles. The number of nitrogens with zero attached hydrogens (tertiary/aromatic N) is 4. The number of imidazole rings is 1. The monoisotopic (exact) mass is 360 g/mol. The lowest BCUT2D eigenvalue weighted by atomic mass is 10.2. The molecule has 2 aromatic carbocycles. The van der Waals surface area contributed by atoms with E-state index in [0.29, 0.717) is 23.5 Å². The van der Waals surface area contributed by atoms with Crippen LogP contribution in [-0.2, 0) is 20.1 Å². The third kappa shape index (κ3) is 2.99. The molecule has 0 saturated heterocycles. The summed E-state index contributed by atoms with van der Waals surface area (Å²) in [4.78, 5) is 30.5. The Labute approximate surface area is 156 Å². The summed E-state index contributed by atoms with van der Waals surface area (Å²) in [7, 11) is 1.66. The zero-order valence-electron chi connectivity index (χ0n) is 15.3. The van der Waals surface area contributed by atoms with E-state index in [1.807, 2.05) is 72.2 Å². The van der Waals surface area contributed by atoms with Crippen molar-refractivity contribution in [2.75, 3.05) is 0 Å². The van der Waals surface area contributed by atoms with Crippen molar-refractivity contribution in [1.29, 1.82) is 0 Å². The van der Waals surface area contributed by atoms with Crippen LogP contribution in [0.15, 0.2) is 70.3 Å². The first-order valence-corrected chi connectivity index (χ1v) is 8.81. The molecular weight excluding hydrogens is 340 g/mol. The fourth-order valence-electron chi connectivity index (χ4n) is 3.35. The zero-order valence-corrected chi connectivity index (χ0v) is 15.3. The van der Waals surface area contributed by atoms with Crippen molar-refractivity contribution in [3.8, 4) is 0 Å². The number of fused-ring (bicyclic) bond motifs is 1. The first-order valence-electron chi connectivity index (χ1n) is 8.81. The first kappa shape index (κ1) is 17.0. The number of hydrogen-bond donors (Lipinski definition) is 0. The van der Waals surface area contributed by atoms with Crippen LogP contribution in [0.5, 0.6) is 0 Å². The van der Waals surface area contributed by atoms with Crippen molar-refractivity contribution in [2.45, 2.75) is 20.0 Å². The smallest absolute Gasteiger partial charge is 0.318 e. The Hall–Kier alpha value is -3.41. The van der Waals surface area contributed by atoms with Crippen molar-refractivity contribution >= 4 is 11.2 Å². The lowest BCUT2D eigenvalue weighted by Gasteiger charge is -2.10. The van der Waals surface area contributed by atoms with Crippen LogP contribution in [0.3, 0.4) is 0 Å². The van der Waals surface area contributed by atoms with E-state index in [0.717, 1.165) is 11.1 Å². The standard InChI is InChI=1S/C21H20N4O2/c1-15-22-19-18(24(15)13-16-9-5-3-6-10-16)20(26)25(21(27)23(19)2)14-17-11-7-4-8-12-17/h3-12H,13-14H2,1-2H3. The second-order valence-corrected chi connectivity index (χ2v) is 6.62. The third-order valence-electron chi connectivity index (χ3n) is 4.79. The maximum atomic E-state index is 13.2. The van der Waals surface area contributed by atoms with E-state index < -0.39 is 0 Å². The average Bonchev–Trinajstić information content (AvgIpc) is 3.02. The first-order chi connectivity index (χ1) is 13.1. The SMILES string of the molecule is Cc1nc2c(c(=O)n(Cc3ccccc3)c(=O)n2C)n1Cc1ccccc1. The molecule has 6 heteroatoms. The Morgan fingerprint density at radius 1 is 0.815 bits per heavy atom. The molecule has 4 rings (SSSR count). The van der Waals surface area contributed by atoms with Gasteiger partial charge >= 0.3 is 5.69 Å². The molecular formula is C21H20N4O2. The normalized spacial score (nSPS) is 11.2. The fourth-order valence-corrected chi connectivity index (χ4v) is 3.35. The van der Waals surface area contributed by atoms with Crippen LogP contribution < -0.4 is 11.2 Å². The van der Waals surface area contributed by atoms with Crippen LogP contribution in [0.2, 0.25) is 0 Å². The van der Waals surface area contributed by atoms with Gasteiger partial charge in [-0.15, -0.1) is 0 Å². The van der Waals surface area contributed by atoms with E-state index in [-0.39, 0.29) is 17.8 Å². The maximum absolute atomic E-state index is 13.2. The molecule has 0 aliphatic heterocycles. The van der Waals surface area contributed by atoms with Gasteiger partial charge in [-0.3, -0.25) is 13.9 Å². The van der Waals surface area contributed by atoms with Crippen LogP contribution >= 0.6 is 0 Å². The van der Waals surface area contributed by atoms with Crippen LogP contribution in [0.4, 0.5) is 0 Å². The minimum Gasteiger partial charge on any atom is -0.318 e. The summed E-state index contributed by atoms with van der Waals surface area (Å²) in [5.74, 6) is 0.707. The minimum absolute atomic E-state index is 0.234. The van der Waals surface area contributed by atoms with Crippen molar-refractivity contribution in [2.24, 2.45) is 7.05 Å². The van der Waals surface area contributed by atoms with E-state index >= 15 is 0 Å². The third-order valence-corrected chi connectivity index (χ3v) is 4.79. The van der Waals surface area contributed by atoms with Gasteiger partial charge in [0.25, 0.3) is 5.56 Å². The van der Waals surface area contributed by atoms with Gasteiger partial charge < -0.3 is 4.57 Å².